The minimum Gasteiger partial charge on any atom is -0.497 e. The zero-order chi connectivity index (χ0) is 17.7. The molecule has 1 saturated heterocycles. The molecule has 0 aliphatic carbocycles. The van der Waals surface area contributed by atoms with E-state index in [4.69, 9.17) is 4.74 Å². The van der Waals surface area contributed by atoms with E-state index < -0.39 is 30.5 Å². The molecule has 1 atom stereocenters. The lowest BCUT2D eigenvalue weighted by molar-refractivity contribution is -0.183. The number of rotatable bonds is 5. The molecule has 0 bridgehead atoms. The summed E-state index contributed by atoms with van der Waals surface area (Å²) in [6.45, 7) is 0.739. The number of halogens is 4. The molecule has 2 rings (SSSR count). The van der Waals surface area contributed by atoms with Crippen LogP contribution in [0, 0.1) is 5.82 Å². The molecule has 1 unspecified atom stereocenters. The molecule has 0 saturated carbocycles. The fourth-order valence-corrected chi connectivity index (χ4v) is 2.54. The molecule has 1 fully saturated rings. The minimum atomic E-state index is -4.48. The Bertz CT molecular complexity index is 574. The van der Waals surface area contributed by atoms with E-state index in [0.29, 0.717) is 13.1 Å². The number of carbonyl (C=O) groups is 1. The van der Waals surface area contributed by atoms with Crippen molar-refractivity contribution in [1.29, 1.82) is 0 Å². The highest BCUT2D eigenvalue weighted by Crippen LogP contribution is 2.25. The number of alkyl halides is 3. The highest BCUT2D eigenvalue weighted by molar-refractivity contribution is 5.94. The Hall–Kier alpha value is -1.87. The van der Waals surface area contributed by atoms with Crippen LogP contribution in [0.25, 0.3) is 0 Å². The predicted molar refractivity (Wildman–Crippen MR) is 79.6 cm³/mol. The van der Waals surface area contributed by atoms with E-state index >= 15 is 0 Å². The zero-order valence-corrected chi connectivity index (χ0v) is 13.1. The first-order chi connectivity index (χ1) is 11.3. The first-order valence-corrected chi connectivity index (χ1v) is 7.46. The molecule has 2 N–H and O–H groups in total. The van der Waals surface area contributed by atoms with Gasteiger partial charge in [-0.2, -0.15) is 13.2 Å². The summed E-state index contributed by atoms with van der Waals surface area (Å²) >= 11 is 0. The average molecular weight is 349 g/mol. The summed E-state index contributed by atoms with van der Waals surface area (Å²) < 4.78 is 58.3. The third-order valence-corrected chi connectivity index (χ3v) is 3.85. The van der Waals surface area contributed by atoms with Gasteiger partial charge >= 0.3 is 6.18 Å². The van der Waals surface area contributed by atoms with Gasteiger partial charge in [0.05, 0.1) is 12.7 Å². The fourth-order valence-electron chi connectivity index (χ4n) is 2.54. The van der Waals surface area contributed by atoms with Crippen molar-refractivity contribution >= 4 is 5.91 Å². The molecule has 1 aliphatic rings. The standard InChI is InChI=1S/C15H19F4N3O2/c1-24-10-2-3-11(12(16)8-10)14(23)21-9-13(15(17,18)19)22-6-4-20-5-7-22/h2-3,8,13,20H,4-7,9H2,1H3,(H,21,23). The second kappa shape index (κ2) is 7.80. The molecule has 1 heterocycles. The molecular formula is C15H19F4N3O2. The summed E-state index contributed by atoms with van der Waals surface area (Å²) in [4.78, 5) is 13.3. The number of carbonyl (C=O) groups excluding carboxylic acids is 1. The highest BCUT2D eigenvalue weighted by Gasteiger charge is 2.43. The van der Waals surface area contributed by atoms with Crippen LogP contribution in [0.3, 0.4) is 0 Å². The molecule has 0 aromatic heterocycles. The van der Waals surface area contributed by atoms with Crippen molar-refractivity contribution in [1.82, 2.24) is 15.5 Å². The first-order valence-electron chi connectivity index (χ1n) is 7.46. The van der Waals surface area contributed by atoms with Gasteiger partial charge in [0.1, 0.15) is 17.6 Å². The monoisotopic (exact) mass is 349 g/mol. The average Bonchev–Trinajstić information content (AvgIpc) is 2.54. The maximum atomic E-state index is 13.8. The van der Waals surface area contributed by atoms with Gasteiger partial charge in [-0.1, -0.05) is 0 Å². The van der Waals surface area contributed by atoms with Gasteiger partial charge in [-0.15, -0.1) is 0 Å². The van der Waals surface area contributed by atoms with E-state index in [1.54, 1.807) is 0 Å². The number of hydrogen-bond acceptors (Lipinski definition) is 4. The van der Waals surface area contributed by atoms with E-state index in [9.17, 15) is 22.4 Å². The largest absolute Gasteiger partial charge is 0.497 e. The molecule has 1 amide bonds. The van der Waals surface area contributed by atoms with Crippen LogP contribution in [-0.4, -0.2) is 62.9 Å². The lowest BCUT2D eigenvalue weighted by Gasteiger charge is -2.35. The van der Waals surface area contributed by atoms with E-state index in [1.807, 2.05) is 0 Å². The highest BCUT2D eigenvalue weighted by atomic mass is 19.4. The third kappa shape index (κ3) is 4.57. The molecule has 0 radical (unpaired) electrons. The van der Waals surface area contributed by atoms with Crippen LogP contribution >= 0.6 is 0 Å². The first kappa shape index (κ1) is 18.5. The fraction of sp³-hybridized carbons (Fsp3) is 0.533. The molecule has 24 heavy (non-hydrogen) atoms. The van der Waals surface area contributed by atoms with Crippen molar-refractivity contribution < 1.29 is 27.1 Å². The van der Waals surface area contributed by atoms with E-state index in [2.05, 4.69) is 10.6 Å². The van der Waals surface area contributed by atoms with E-state index in [0.717, 1.165) is 6.07 Å². The maximum absolute atomic E-state index is 13.8. The molecule has 1 aliphatic heterocycles. The molecular weight excluding hydrogens is 330 g/mol. The Morgan fingerprint density at radius 2 is 2.04 bits per heavy atom. The van der Waals surface area contributed by atoms with E-state index in [1.165, 1.54) is 24.1 Å². The number of amides is 1. The van der Waals surface area contributed by atoms with Gasteiger partial charge in [0.25, 0.3) is 5.91 Å². The van der Waals surface area contributed by atoms with Crippen LogP contribution in [-0.2, 0) is 0 Å². The summed E-state index contributed by atoms with van der Waals surface area (Å²) in [7, 11) is 1.34. The maximum Gasteiger partial charge on any atom is 0.405 e. The SMILES string of the molecule is COc1ccc(C(=O)NCC(N2CCNCC2)C(F)(F)F)c(F)c1. The van der Waals surface area contributed by atoms with E-state index in [-0.39, 0.29) is 24.4 Å². The molecule has 1 aromatic carbocycles. The summed E-state index contributed by atoms with van der Waals surface area (Å²) in [5, 5.41) is 5.15. The van der Waals surface area contributed by atoms with Crippen LogP contribution in [0.2, 0.25) is 0 Å². The minimum absolute atomic E-state index is 0.220. The molecule has 9 heteroatoms. The van der Waals surface area contributed by atoms with Crippen molar-refractivity contribution in [2.24, 2.45) is 0 Å². The summed E-state index contributed by atoms with van der Waals surface area (Å²) in [6.07, 6.45) is -4.48. The summed E-state index contributed by atoms with van der Waals surface area (Å²) in [6, 6.07) is 1.75. The predicted octanol–water partition coefficient (Wildman–Crippen LogP) is 1.40. The summed E-state index contributed by atoms with van der Waals surface area (Å²) in [5.41, 5.74) is -0.322. The molecule has 134 valence electrons. The van der Waals surface area contributed by atoms with Gasteiger partial charge in [0.15, 0.2) is 0 Å². The van der Waals surface area contributed by atoms with Crippen molar-refractivity contribution in [2.45, 2.75) is 12.2 Å². The van der Waals surface area contributed by atoms with Crippen molar-refractivity contribution in [2.75, 3.05) is 39.8 Å². The second-order valence-corrected chi connectivity index (χ2v) is 5.40. The Labute approximate surface area is 137 Å². The third-order valence-electron chi connectivity index (χ3n) is 3.85. The number of methoxy groups -OCH3 is 1. The lowest BCUT2D eigenvalue weighted by atomic mass is 10.1. The van der Waals surface area contributed by atoms with Gasteiger partial charge in [0, 0.05) is 38.8 Å². The zero-order valence-electron chi connectivity index (χ0n) is 13.1. The molecule has 0 spiro atoms. The molecule has 5 nitrogen and oxygen atoms in total. The van der Waals surface area contributed by atoms with Gasteiger partial charge < -0.3 is 15.4 Å². The van der Waals surface area contributed by atoms with Gasteiger partial charge in [-0.05, 0) is 12.1 Å². The number of piperazine rings is 1. The number of benzene rings is 1. The van der Waals surface area contributed by atoms with Crippen molar-refractivity contribution in [3.8, 4) is 5.75 Å². The quantitative estimate of drug-likeness (QED) is 0.789. The topological polar surface area (TPSA) is 53.6 Å². The number of nitrogens with zero attached hydrogens (tertiary/aromatic N) is 1. The van der Waals surface area contributed by atoms with Crippen LogP contribution in [0.4, 0.5) is 17.6 Å². The second-order valence-electron chi connectivity index (χ2n) is 5.40. The van der Waals surface area contributed by atoms with Crippen LogP contribution in [0.1, 0.15) is 10.4 Å². The Kier molecular flexibility index (Phi) is 6.00. The Balaban J connectivity index is 2.04. The smallest absolute Gasteiger partial charge is 0.405 e. The number of ether oxygens (including phenoxy) is 1. The summed E-state index contributed by atoms with van der Waals surface area (Å²) in [5.74, 6) is -1.52. The van der Waals surface area contributed by atoms with Gasteiger partial charge in [-0.3, -0.25) is 9.69 Å². The lowest BCUT2D eigenvalue weighted by Crippen LogP contribution is -2.57. The number of nitrogens with one attached hydrogen (secondary N) is 2. The molecule has 1 aromatic rings. The van der Waals surface area contributed by atoms with Crippen LogP contribution < -0.4 is 15.4 Å². The Morgan fingerprint density at radius 3 is 2.58 bits per heavy atom. The van der Waals surface area contributed by atoms with Crippen LogP contribution in [0.15, 0.2) is 18.2 Å². The van der Waals surface area contributed by atoms with Crippen molar-refractivity contribution in [3.05, 3.63) is 29.6 Å². The normalized spacial score (nSPS) is 17.4. The van der Waals surface area contributed by atoms with Gasteiger partial charge in [-0.25, -0.2) is 4.39 Å². The van der Waals surface area contributed by atoms with Crippen LogP contribution in [0.5, 0.6) is 5.75 Å². The number of hydrogen-bond donors (Lipinski definition) is 2. The Morgan fingerprint density at radius 1 is 1.38 bits per heavy atom. The van der Waals surface area contributed by atoms with Crippen molar-refractivity contribution in [3.63, 3.8) is 0 Å². The van der Waals surface area contributed by atoms with Gasteiger partial charge in [0.2, 0.25) is 0 Å².